The molecule has 0 atom stereocenters. The van der Waals surface area contributed by atoms with Crippen LogP contribution >= 0.6 is 0 Å². The van der Waals surface area contributed by atoms with Gasteiger partial charge in [-0.05, 0) is 92.4 Å². The fraction of sp³-hybridized carbons (Fsp3) is 0.393. The van der Waals surface area contributed by atoms with E-state index in [0.717, 1.165) is 50.5 Å². The number of hydrogen-bond donors (Lipinski definition) is 1. The minimum atomic E-state index is -0.520. The van der Waals surface area contributed by atoms with E-state index in [0.29, 0.717) is 24.4 Å². The fourth-order valence-corrected chi connectivity index (χ4v) is 4.98. The second kappa shape index (κ2) is 10.4. The Kier molecular flexibility index (Phi) is 7.39. The van der Waals surface area contributed by atoms with Crippen LogP contribution < -0.4 is 10.6 Å². The van der Waals surface area contributed by atoms with Crippen molar-refractivity contribution in [3.63, 3.8) is 0 Å². The molecule has 3 nitrogen and oxygen atoms in total. The lowest BCUT2D eigenvalue weighted by Gasteiger charge is -2.35. The van der Waals surface area contributed by atoms with Crippen LogP contribution in [0.2, 0.25) is 0 Å². The van der Waals surface area contributed by atoms with E-state index in [2.05, 4.69) is 41.9 Å². The van der Waals surface area contributed by atoms with Crippen LogP contribution in [0.3, 0.4) is 0 Å². The molecular formula is C28H33F2N3. The van der Waals surface area contributed by atoms with E-state index in [4.69, 9.17) is 5.73 Å². The van der Waals surface area contributed by atoms with Crippen molar-refractivity contribution in [1.29, 1.82) is 0 Å². The molecule has 1 aromatic heterocycles. The molecule has 0 amide bonds. The van der Waals surface area contributed by atoms with Crippen molar-refractivity contribution in [2.75, 3.05) is 24.5 Å². The SMILES string of the molecule is CCc1ncccc1-c1cc(C)c(CCN)cc1N1CCC(Cc2ccc(F)cc2F)CC1. The largest absolute Gasteiger partial charge is 0.371 e. The molecule has 1 aliphatic heterocycles. The van der Waals surface area contributed by atoms with Gasteiger partial charge in [0, 0.05) is 47.9 Å². The third-order valence-corrected chi connectivity index (χ3v) is 6.86. The normalized spacial score (nSPS) is 14.6. The van der Waals surface area contributed by atoms with Gasteiger partial charge < -0.3 is 10.6 Å². The molecule has 0 radical (unpaired) electrons. The zero-order chi connectivity index (χ0) is 23.4. The highest BCUT2D eigenvalue weighted by atomic mass is 19.1. The molecule has 1 saturated heterocycles. The van der Waals surface area contributed by atoms with Crippen LogP contribution in [-0.4, -0.2) is 24.6 Å². The Morgan fingerprint density at radius 3 is 2.52 bits per heavy atom. The Morgan fingerprint density at radius 2 is 1.82 bits per heavy atom. The topological polar surface area (TPSA) is 42.1 Å². The molecular weight excluding hydrogens is 416 g/mol. The van der Waals surface area contributed by atoms with Gasteiger partial charge in [-0.1, -0.05) is 19.1 Å². The Labute approximate surface area is 195 Å². The predicted octanol–water partition coefficient (Wildman–Crippen LogP) is 5.86. The molecule has 2 heterocycles. The Bertz CT molecular complexity index is 1100. The highest BCUT2D eigenvalue weighted by molar-refractivity contribution is 5.81. The average Bonchev–Trinajstić information content (AvgIpc) is 2.82. The molecule has 0 spiro atoms. The highest BCUT2D eigenvalue weighted by Crippen LogP contribution is 2.37. The van der Waals surface area contributed by atoms with Crippen molar-refractivity contribution in [2.24, 2.45) is 11.7 Å². The average molecular weight is 450 g/mol. The summed E-state index contributed by atoms with van der Waals surface area (Å²) in [5.74, 6) is -0.565. The van der Waals surface area contributed by atoms with Gasteiger partial charge >= 0.3 is 0 Å². The number of aromatic nitrogens is 1. The first-order valence-electron chi connectivity index (χ1n) is 12.0. The maximum Gasteiger partial charge on any atom is 0.129 e. The number of aryl methyl sites for hydroxylation is 2. The van der Waals surface area contributed by atoms with Crippen LogP contribution in [0, 0.1) is 24.5 Å². The van der Waals surface area contributed by atoms with Crippen LogP contribution in [-0.2, 0) is 19.3 Å². The summed E-state index contributed by atoms with van der Waals surface area (Å²) in [5, 5.41) is 0. The minimum absolute atomic E-state index is 0.392. The van der Waals surface area contributed by atoms with Crippen LogP contribution in [0.25, 0.3) is 11.1 Å². The molecule has 1 fully saturated rings. The first kappa shape index (κ1) is 23.4. The number of nitrogens with zero attached hydrogens (tertiary/aromatic N) is 2. The van der Waals surface area contributed by atoms with Gasteiger partial charge in [-0.15, -0.1) is 0 Å². The molecule has 2 N–H and O–H groups in total. The van der Waals surface area contributed by atoms with Crippen molar-refractivity contribution in [2.45, 2.75) is 46.0 Å². The van der Waals surface area contributed by atoms with Crippen LogP contribution in [0.15, 0.2) is 48.7 Å². The van der Waals surface area contributed by atoms with Crippen molar-refractivity contribution < 1.29 is 8.78 Å². The van der Waals surface area contributed by atoms with Crippen LogP contribution in [0.1, 0.15) is 42.1 Å². The van der Waals surface area contributed by atoms with Gasteiger partial charge in [0.2, 0.25) is 0 Å². The summed E-state index contributed by atoms with van der Waals surface area (Å²) >= 11 is 0. The fourth-order valence-electron chi connectivity index (χ4n) is 4.98. The van der Waals surface area contributed by atoms with Crippen molar-refractivity contribution in [3.8, 4) is 11.1 Å². The van der Waals surface area contributed by atoms with E-state index in [1.54, 1.807) is 6.07 Å². The van der Waals surface area contributed by atoms with E-state index in [9.17, 15) is 8.78 Å². The molecule has 1 aliphatic rings. The number of nitrogens with two attached hydrogens (primary N) is 1. The summed E-state index contributed by atoms with van der Waals surface area (Å²) in [6, 6.07) is 12.7. The number of piperidine rings is 1. The molecule has 3 aromatic rings. The predicted molar refractivity (Wildman–Crippen MR) is 132 cm³/mol. The number of halogens is 2. The van der Waals surface area contributed by atoms with Crippen molar-refractivity contribution in [3.05, 3.63) is 82.7 Å². The second-order valence-electron chi connectivity index (χ2n) is 9.06. The maximum atomic E-state index is 14.1. The molecule has 174 valence electrons. The van der Waals surface area contributed by atoms with E-state index >= 15 is 0 Å². The van der Waals surface area contributed by atoms with E-state index in [1.165, 1.54) is 34.0 Å². The number of anilines is 1. The van der Waals surface area contributed by atoms with Gasteiger partial charge in [-0.25, -0.2) is 8.78 Å². The first-order chi connectivity index (χ1) is 16.0. The third kappa shape index (κ3) is 5.25. The smallest absolute Gasteiger partial charge is 0.129 e. The van der Waals surface area contributed by atoms with Gasteiger partial charge in [0.05, 0.1) is 0 Å². The highest BCUT2D eigenvalue weighted by Gasteiger charge is 2.24. The number of hydrogen-bond acceptors (Lipinski definition) is 3. The quantitative estimate of drug-likeness (QED) is 0.491. The monoisotopic (exact) mass is 449 g/mol. The van der Waals surface area contributed by atoms with E-state index in [1.807, 2.05) is 12.3 Å². The summed E-state index contributed by atoms with van der Waals surface area (Å²) in [5.41, 5.74) is 13.8. The molecule has 0 aliphatic carbocycles. The molecule has 0 saturated carbocycles. The van der Waals surface area contributed by atoms with Crippen LogP contribution in [0.4, 0.5) is 14.5 Å². The maximum absolute atomic E-state index is 14.1. The van der Waals surface area contributed by atoms with Gasteiger partial charge in [0.15, 0.2) is 0 Å². The summed E-state index contributed by atoms with van der Waals surface area (Å²) < 4.78 is 27.4. The van der Waals surface area contributed by atoms with Crippen molar-refractivity contribution in [1.82, 2.24) is 4.98 Å². The lowest BCUT2D eigenvalue weighted by Crippen LogP contribution is -2.35. The first-order valence-corrected chi connectivity index (χ1v) is 12.0. The third-order valence-electron chi connectivity index (χ3n) is 6.86. The molecule has 4 rings (SSSR count). The lowest BCUT2D eigenvalue weighted by molar-refractivity contribution is 0.397. The van der Waals surface area contributed by atoms with E-state index < -0.39 is 11.6 Å². The molecule has 0 bridgehead atoms. The summed E-state index contributed by atoms with van der Waals surface area (Å²) in [6.45, 7) is 6.74. The number of rotatable bonds is 7. The van der Waals surface area contributed by atoms with Gasteiger partial charge in [0.25, 0.3) is 0 Å². The number of benzene rings is 2. The van der Waals surface area contributed by atoms with Crippen LogP contribution in [0.5, 0.6) is 0 Å². The van der Waals surface area contributed by atoms with Crippen molar-refractivity contribution >= 4 is 5.69 Å². The van der Waals surface area contributed by atoms with Gasteiger partial charge in [-0.2, -0.15) is 0 Å². The Hall–Kier alpha value is -2.79. The lowest BCUT2D eigenvalue weighted by atomic mass is 9.88. The minimum Gasteiger partial charge on any atom is -0.371 e. The molecule has 2 aromatic carbocycles. The number of pyridine rings is 1. The summed E-state index contributed by atoms with van der Waals surface area (Å²) in [6.07, 6.45) is 6.20. The summed E-state index contributed by atoms with van der Waals surface area (Å²) in [4.78, 5) is 7.08. The van der Waals surface area contributed by atoms with Gasteiger partial charge in [-0.3, -0.25) is 4.98 Å². The Morgan fingerprint density at radius 1 is 1.03 bits per heavy atom. The second-order valence-corrected chi connectivity index (χ2v) is 9.06. The Balaban J connectivity index is 1.59. The van der Waals surface area contributed by atoms with E-state index in [-0.39, 0.29) is 0 Å². The molecule has 0 unspecified atom stereocenters. The van der Waals surface area contributed by atoms with Gasteiger partial charge in [0.1, 0.15) is 11.6 Å². The molecule has 33 heavy (non-hydrogen) atoms. The summed E-state index contributed by atoms with van der Waals surface area (Å²) in [7, 11) is 0. The standard InChI is InChI=1S/C28H33F2N3/c1-3-27-24(5-4-12-32-27)25-15-19(2)21(8-11-31)17-28(25)33-13-9-20(10-14-33)16-22-6-7-23(29)18-26(22)30/h4-7,12,15,17-18,20H,3,8-11,13-14,16,31H2,1-2H3. The molecule has 5 heteroatoms. The zero-order valence-corrected chi connectivity index (χ0v) is 19.6. The zero-order valence-electron chi connectivity index (χ0n) is 19.6.